The first-order valence-corrected chi connectivity index (χ1v) is 20.5. The summed E-state index contributed by atoms with van der Waals surface area (Å²) in [4.78, 5) is 0. The van der Waals surface area contributed by atoms with E-state index in [-0.39, 0.29) is 6.15 Å². The van der Waals surface area contributed by atoms with Crippen LogP contribution >= 0.6 is 0 Å². The molecule has 0 aliphatic carbocycles. The molecule has 0 heterocycles. The fourth-order valence-corrected chi connectivity index (χ4v) is 5.24. The lowest BCUT2D eigenvalue weighted by molar-refractivity contribution is -0.439. The normalized spacial score (nSPS) is 17.3. The summed E-state index contributed by atoms with van der Waals surface area (Å²) in [5.74, 6) is -116. The van der Waals surface area contributed by atoms with Crippen molar-refractivity contribution >= 4 is 30.4 Å². The SMILES string of the molecule is CC(C(F)(F)C(F)(F)C(F)(F)C(F)(F)C(F)(F)C(F)(F)F)S(=O)(=O)O.CC(C(F)(F)C(F)(F)C(F)(F)C(F)(F)C(F)(F)C(F)(F)F)S(=O)(=O)O.CC(C(F)(F)C(F)(F)C(F)(F)C(F)(F)C(F)(F)C(F)(F)F)S(=O)(=O)O.N. The van der Waals surface area contributed by atoms with Gasteiger partial charge < -0.3 is 6.15 Å². The van der Waals surface area contributed by atoms with E-state index >= 15 is 0 Å². The van der Waals surface area contributed by atoms with E-state index in [1.54, 1.807) is 0 Å². The summed E-state index contributed by atoms with van der Waals surface area (Å²) in [5.41, 5.74) is 0. The number of halogens is 39. The topological polar surface area (TPSA) is 198 Å². The van der Waals surface area contributed by atoms with E-state index in [0.29, 0.717) is 0 Å². The smallest absolute Gasteiger partial charge is 0.344 e. The summed E-state index contributed by atoms with van der Waals surface area (Å²) >= 11 is 0. The monoisotopic (exact) mass is 1300 g/mol. The summed E-state index contributed by atoms with van der Waals surface area (Å²) in [5, 5.41) is -12.8. The maximum Gasteiger partial charge on any atom is 0.460 e. The Morgan fingerprint density at radius 3 is 0.395 bits per heavy atom. The molecule has 0 saturated carbocycles. The molecule has 52 heteroatoms. The molecule has 3 unspecified atom stereocenters. The van der Waals surface area contributed by atoms with E-state index in [2.05, 4.69) is 0 Å². The summed E-state index contributed by atoms with van der Waals surface area (Å²) < 4.78 is 580. The summed E-state index contributed by atoms with van der Waals surface area (Å²) in [6.45, 7) is -1.79. The van der Waals surface area contributed by atoms with Crippen LogP contribution in [0.3, 0.4) is 0 Å². The van der Waals surface area contributed by atoms with Crippen molar-refractivity contribution in [1.82, 2.24) is 6.15 Å². The molecule has 0 amide bonds. The van der Waals surface area contributed by atoms with Crippen molar-refractivity contribution in [2.75, 3.05) is 0 Å². The Balaban J connectivity index is -0.000000508. The molecule has 0 aromatic heterocycles. The number of hydrogen-bond donors (Lipinski definition) is 4. The minimum atomic E-state index is -8.12. The lowest BCUT2D eigenvalue weighted by atomic mass is 9.93. The van der Waals surface area contributed by atoms with Crippen molar-refractivity contribution in [3.8, 4) is 0 Å². The molecule has 3 atom stereocenters. The highest BCUT2D eigenvalue weighted by Gasteiger charge is 2.94. The first-order valence-electron chi connectivity index (χ1n) is 16.0. The van der Waals surface area contributed by atoms with Crippen molar-refractivity contribution in [3.05, 3.63) is 0 Å². The van der Waals surface area contributed by atoms with Gasteiger partial charge in [0.05, 0.1) is 0 Å². The third-order valence-electron chi connectivity index (χ3n) is 8.75. The molecular formula is C24H18F39NO9S3. The van der Waals surface area contributed by atoms with Gasteiger partial charge in [0.25, 0.3) is 30.4 Å². The maximum absolute atomic E-state index is 13.2. The van der Waals surface area contributed by atoms with Crippen LogP contribution in [0.2, 0.25) is 0 Å². The van der Waals surface area contributed by atoms with Crippen LogP contribution in [-0.4, -0.2) is 162 Å². The van der Waals surface area contributed by atoms with Gasteiger partial charge in [-0.05, 0) is 20.8 Å². The second-order valence-corrected chi connectivity index (χ2v) is 18.9. The van der Waals surface area contributed by atoms with Crippen LogP contribution in [0.1, 0.15) is 20.8 Å². The molecule has 0 spiro atoms. The number of alkyl halides is 39. The molecule has 0 rings (SSSR count). The quantitative estimate of drug-likeness (QED) is 0.0757. The van der Waals surface area contributed by atoms with E-state index in [1.165, 1.54) is 0 Å². The molecule has 0 radical (unpaired) electrons. The highest BCUT2D eigenvalue weighted by molar-refractivity contribution is 7.87. The van der Waals surface area contributed by atoms with Crippen molar-refractivity contribution in [2.45, 2.75) is 144 Å². The fraction of sp³-hybridized carbons (Fsp3) is 1.00. The zero-order valence-electron chi connectivity index (χ0n) is 34.2. The zero-order chi connectivity index (χ0) is 63.2. The van der Waals surface area contributed by atoms with Crippen molar-refractivity contribution in [3.63, 3.8) is 0 Å². The van der Waals surface area contributed by atoms with Crippen molar-refractivity contribution in [1.29, 1.82) is 0 Å². The summed E-state index contributed by atoms with van der Waals surface area (Å²) in [7, 11) is -19.0. The van der Waals surface area contributed by atoms with Gasteiger partial charge in [0.1, 0.15) is 0 Å². The minimum absolute atomic E-state index is 0. The molecule has 0 aliphatic rings. The van der Waals surface area contributed by atoms with Crippen LogP contribution in [0, 0.1) is 0 Å². The Labute approximate surface area is 391 Å². The van der Waals surface area contributed by atoms with E-state index < -0.39 is 174 Å². The second kappa shape index (κ2) is 20.8. The first kappa shape index (κ1) is 79.4. The lowest BCUT2D eigenvalue weighted by Crippen LogP contribution is -2.71. The van der Waals surface area contributed by atoms with E-state index in [1.807, 2.05) is 0 Å². The van der Waals surface area contributed by atoms with E-state index in [0.717, 1.165) is 0 Å². The highest BCUT2D eigenvalue weighted by atomic mass is 32.2. The van der Waals surface area contributed by atoms with Gasteiger partial charge in [0.2, 0.25) is 0 Å². The van der Waals surface area contributed by atoms with Gasteiger partial charge in [-0.3, -0.25) is 13.7 Å². The standard InChI is InChI=1S/3C8H5F13O3S.H3N/c3*1-2(25(22,23)24)3(9,10)4(11,12)5(13,14)6(15,16)7(17,18)8(19,20)21;/h3*2H,1H3,(H,22,23,24);1H3. The van der Waals surface area contributed by atoms with Gasteiger partial charge >= 0.3 is 107 Å². The Kier molecular flexibility index (Phi) is 21.8. The lowest BCUT2D eigenvalue weighted by Gasteiger charge is -2.40. The van der Waals surface area contributed by atoms with Crippen molar-refractivity contribution < 1.29 is 210 Å². The van der Waals surface area contributed by atoms with Gasteiger partial charge in [0.15, 0.2) is 15.7 Å². The molecule has 0 aliphatic heterocycles. The predicted molar refractivity (Wildman–Crippen MR) is 160 cm³/mol. The van der Waals surface area contributed by atoms with Crippen molar-refractivity contribution in [2.24, 2.45) is 0 Å². The Hall–Kier alpha value is -3.04. The maximum atomic E-state index is 13.2. The Morgan fingerprint density at radius 1 is 0.224 bits per heavy atom. The Bertz CT molecular complexity index is 2080. The third-order valence-corrected chi connectivity index (χ3v) is 12.3. The fourth-order valence-electron chi connectivity index (χ4n) is 3.67. The van der Waals surface area contributed by atoms with E-state index in [4.69, 9.17) is 13.7 Å². The van der Waals surface area contributed by atoms with Gasteiger partial charge in [-0.2, -0.15) is 196 Å². The number of hydrogen-bond acceptors (Lipinski definition) is 7. The van der Waals surface area contributed by atoms with Crippen LogP contribution in [0.25, 0.3) is 0 Å². The molecule has 76 heavy (non-hydrogen) atoms. The average Bonchev–Trinajstić information content (AvgIpc) is 3.13. The van der Waals surface area contributed by atoms with E-state index in [9.17, 15) is 196 Å². The summed E-state index contributed by atoms with van der Waals surface area (Å²) in [6, 6.07) is 0. The molecule has 0 aromatic rings. The molecule has 6 N–H and O–H groups in total. The molecule has 0 saturated heterocycles. The zero-order valence-corrected chi connectivity index (χ0v) is 36.6. The average molecular weight is 1300 g/mol. The van der Waals surface area contributed by atoms with Crippen LogP contribution in [0.4, 0.5) is 171 Å². The van der Waals surface area contributed by atoms with Crippen LogP contribution in [0.5, 0.6) is 0 Å². The molecule has 0 aromatic carbocycles. The highest BCUT2D eigenvalue weighted by Crippen LogP contribution is 2.64. The minimum Gasteiger partial charge on any atom is -0.344 e. The first-order chi connectivity index (χ1) is 31.2. The van der Waals surface area contributed by atoms with Crippen LogP contribution in [-0.2, 0) is 30.4 Å². The van der Waals surface area contributed by atoms with Gasteiger partial charge in [-0.15, -0.1) is 0 Å². The van der Waals surface area contributed by atoms with Gasteiger partial charge in [-0.25, -0.2) is 0 Å². The predicted octanol–water partition coefficient (Wildman–Crippen LogP) is 12.2. The van der Waals surface area contributed by atoms with Crippen LogP contribution < -0.4 is 6.15 Å². The van der Waals surface area contributed by atoms with Gasteiger partial charge in [0, 0.05) is 0 Å². The largest absolute Gasteiger partial charge is 0.460 e. The van der Waals surface area contributed by atoms with Crippen LogP contribution in [0.15, 0.2) is 0 Å². The third kappa shape index (κ3) is 12.3. The molecule has 0 bridgehead atoms. The molecule has 10 nitrogen and oxygen atoms in total. The molecule has 0 fully saturated rings. The summed E-state index contributed by atoms with van der Waals surface area (Å²) in [6.07, 6.45) is -22.7. The molecular weight excluding hydrogens is 1280 g/mol. The van der Waals surface area contributed by atoms with Gasteiger partial charge in [-0.1, -0.05) is 0 Å². The second-order valence-electron chi connectivity index (χ2n) is 13.7. The Morgan fingerprint density at radius 2 is 0.316 bits per heavy atom. The number of rotatable bonds is 18. The molecule has 464 valence electrons.